The van der Waals surface area contributed by atoms with Crippen LogP contribution in [0.1, 0.15) is 43.9 Å². The highest BCUT2D eigenvalue weighted by Crippen LogP contribution is 2.31. The minimum atomic E-state index is -0.741. The van der Waals surface area contributed by atoms with E-state index in [0.717, 1.165) is 16.7 Å². The molecule has 1 heterocycles. The summed E-state index contributed by atoms with van der Waals surface area (Å²) in [4.78, 5) is 29.0. The SMILES string of the molecule is CC(C)(C)NC(=O)[C@H](Cc1ccccc1)N(Cc1ccc(F)cc1)C(=O)CCc1ccc2c(c1)OCCO2. The maximum atomic E-state index is 13.8. The average molecular weight is 519 g/mol. The molecule has 0 aromatic heterocycles. The molecule has 38 heavy (non-hydrogen) atoms. The van der Waals surface area contributed by atoms with Crippen molar-refractivity contribution >= 4 is 11.8 Å². The Hall–Kier alpha value is -3.87. The summed E-state index contributed by atoms with van der Waals surface area (Å²) in [6.45, 7) is 6.94. The molecule has 6 nitrogen and oxygen atoms in total. The normalized spacial score (nSPS) is 13.5. The number of carbonyl (C=O) groups excluding carboxylic acids is 2. The molecule has 0 fully saturated rings. The van der Waals surface area contributed by atoms with Crippen LogP contribution in [0.4, 0.5) is 4.39 Å². The molecule has 4 rings (SSSR count). The number of ether oxygens (including phenoxy) is 2. The standard InChI is InChI=1S/C31H35FN2O4/c1-31(2,3)33-30(36)26(19-22-7-5-4-6-8-22)34(21-24-9-13-25(32)14-10-24)29(35)16-12-23-11-15-27-28(20-23)38-18-17-37-27/h4-11,13-15,20,26H,12,16-19,21H2,1-3H3,(H,33,36)/t26-/m0/s1. The molecule has 3 aromatic carbocycles. The summed E-state index contributed by atoms with van der Waals surface area (Å²) in [5.41, 5.74) is 2.18. The summed E-state index contributed by atoms with van der Waals surface area (Å²) in [5.74, 6) is 0.642. The Balaban J connectivity index is 1.60. The Morgan fingerprint density at radius 1 is 0.895 bits per heavy atom. The zero-order valence-corrected chi connectivity index (χ0v) is 22.2. The van der Waals surface area contributed by atoms with E-state index in [2.05, 4.69) is 5.32 Å². The summed E-state index contributed by atoms with van der Waals surface area (Å²) >= 11 is 0. The van der Waals surface area contributed by atoms with Crippen molar-refractivity contribution in [3.8, 4) is 11.5 Å². The van der Waals surface area contributed by atoms with Crippen LogP contribution in [0.3, 0.4) is 0 Å². The maximum absolute atomic E-state index is 13.8. The quantitative estimate of drug-likeness (QED) is 0.429. The smallest absolute Gasteiger partial charge is 0.243 e. The van der Waals surface area contributed by atoms with E-state index in [1.54, 1.807) is 17.0 Å². The van der Waals surface area contributed by atoms with E-state index in [9.17, 15) is 14.0 Å². The lowest BCUT2D eigenvalue weighted by molar-refractivity contribution is -0.141. The van der Waals surface area contributed by atoms with Gasteiger partial charge in [-0.15, -0.1) is 0 Å². The summed E-state index contributed by atoms with van der Waals surface area (Å²) in [5, 5.41) is 3.05. The number of aryl methyl sites for hydroxylation is 1. The zero-order chi connectivity index (χ0) is 27.1. The first-order chi connectivity index (χ1) is 18.2. The van der Waals surface area contributed by atoms with E-state index in [4.69, 9.17) is 9.47 Å². The van der Waals surface area contributed by atoms with Gasteiger partial charge in [-0.05, 0) is 68.1 Å². The first-order valence-electron chi connectivity index (χ1n) is 13.0. The second-order valence-corrected chi connectivity index (χ2v) is 10.6. The molecule has 0 radical (unpaired) electrons. The molecule has 0 unspecified atom stereocenters. The van der Waals surface area contributed by atoms with Crippen LogP contribution in [0.15, 0.2) is 72.8 Å². The minimum absolute atomic E-state index is 0.158. The molecule has 3 aromatic rings. The Morgan fingerprint density at radius 3 is 2.24 bits per heavy atom. The number of amides is 2. The Labute approximate surface area is 223 Å². The third-order valence-electron chi connectivity index (χ3n) is 6.27. The van der Waals surface area contributed by atoms with Gasteiger partial charge in [-0.25, -0.2) is 4.39 Å². The number of halogens is 1. The van der Waals surface area contributed by atoms with Gasteiger partial charge in [0.25, 0.3) is 0 Å². The van der Waals surface area contributed by atoms with Gasteiger partial charge in [0.15, 0.2) is 11.5 Å². The largest absolute Gasteiger partial charge is 0.486 e. The third-order valence-corrected chi connectivity index (χ3v) is 6.27. The van der Waals surface area contributed by atoms with Gasteiger partial charge in [0.05, 0.1) is 0 Å². The molecule has 0 saturated heterocycles. The number of hydrogen-bond acceptors (Lipinski definition) is 4. The number of carbonyl (C=O) groups is 2. The number of benzene rings is 3. The predicted molar refractivity (Wildman–Crippen MR) is 145 cm³/mol. The highest BCUT2D eigenvalue weighted by molar-refractivity contribution is 5.88. The summed E-state index contributed by atoms with van der Waals surface area (Å²) in [6.07, 6.45) is 1.04. The fourth-order valence-corrected chi connectivity index (χ4v) is 4.43. The highest BCUT2D eigenvalue weighted by Gasteiger charge is 2.32. The maximum Gasteiger partial charge on any atom is 0.243 e. The van der Waals surface area contributed by atoms with Crippen LogP contribution in [-0.4, -0.2) is 41.5 Å². The van der Waals surface area contributed by atoms with Gasteiger partial charge in [0.1, 0.15) is 25.1 Å². The topological polar surface area (TPSA) is 67.9 Å². The lowest BCUT2D eigenvalue weighted by atomic mass is 9.99. The molecular formula is C31H35FN2O4. The molecule has 0 aliphatic carbocycles. The lowest BCUT2D eigenvalue weighted by Crippen LogP contribution is -2.54. The van der Waals surface area contributed by atoms with Crippen molar-refractivity contribution in [1.82, 2.24) is 10.2 Å². The molecule has 200 valence electrons. The summed E-state index contributed by atoms with van der Waals surface area (Å²) in [6, 6.07) is 20.7. The van der Waals surface area contributed by atoms with Gasteiger partial charge in [0, 0.05) is 24.9 Å². The third kappa shape index (κ3) is 7.57. The molecule has 1 aliphatic rings. The molecule has 0 bridgehead atoms. The number of fused-ring (bicyclic) bond motifs is 1. The van der Waals surface area contributed by atoms with E-state index in [0.29, 0.717) is 37.6 Å². The molecule has 7 heteroatoms. The van der Waals surface area contributed by atoms with Crippen molar-refractivity contribution in [1.29, 1.82) is 0 Å². The van der Waals surface area contributed by atoms with Crippen LogP contribution < -0.4 is 14.8 Å². The number of nitrogens with one attached hydrogen (secondary N) is 1. The first kappa shape index (κ1) is 27.2. The number of hydrogen-bond donors (Lipinski definition) is 1. The van der Waals surface area contributed by atoms with E-state index in [1.165, 1.54) is 12.1 Å². The summed E-state index contributed by atoms with van der Waals surface area (Å²) in [7, 11) is 0. The molecular weight excluding hydrogens is 483 g/mol. The van der Waals surface area contributed by atoms with Crippen LogP contribution in [0.25, 0.3) is 0 Å². The molecule has 0 spiro atoms. The molecule has 2 amide bonds. The number of rotatable bonds is 9. The molecule has 1 N–H and O–H groups in total. The Kier molecular flexibility index (Phi) is 8.66. The lowest BCUT2D eigenvalue weighted by Gasteiger charge is -2.34. The second-order valence-electron chi connectivity index (χ2n) is 10.6. The van der Waals surface area contributed by atoms with Crippen LogP contribution >= 0.6 is 0 Å². The van der Waals surface area contributed by atoms with Crippen molar-refractivity contribution in [2.75, 3.05) is 13.2 Å². The Bertz CT molecular complexity index is 1240. The molecule has 1 atom stereocenters. The van der Waals surface area contributed by atoms with Crippen molar-refractivity contribution < 1.29 is 23.5 Å². The van der Waals surface area contributed by atoms with Crippen LogP contribution in [0, 0.1) is 5.82 Å². The van der Waals surface area contributed by atoms with Crippen molar-refractivity contribution in [3.63, 3.8) is 0 Å². The van der Waals surface area contributed by atoms with Gasteiger partial charge < -0.3 is 19.7 Å². The monoisotopic (exact) mass is 518 g/mol. The van der Waals surface area contributed by atoms with Crippen LogP contribution in [-0.2, 0) is 29.0 Å². The number of nitrogens with zero attached hydrogens (tertiary/aromatic N) is 1. The van der Waals surface area contributed by atoms with E-state index < -0.39 is 11.6 Å². The highest BCUT2D eigenvalue weighted by atomic mass is 19.1. The van der Waals surface area contributed by atoms with Crippen LogP contribution in [0.2, 0.25) is 0 Å². The van der Waals surface area contributed by atoms with Gasteiger partial charge in [-0.3, -0.25) is 9.59 Å². The van der Waals surface area contributed by atoms with Gasteiger partial charge >= 0.3 is 0 Å². The first-order valence-corrected chi connectivity index (χ1v) is 13.0. The molecule has 0 saturated carbocycles. The van der Waals surface area contributed by atoms with E-state index in [-0.39, 0.29) is 30.6 Å². The Morgan fingerprint density at radius 2 is 1.55 bits per heavy atom. The van der Waals surface area contributed by atoms with Gasteiger partial charge in [0.2, 0.25) is 11.8 Å². The average Bonchev–Trinajstić information content (AvgIpc) is 2.90. The van der Waals surface area contributed by atoms with E-state index in [1.807, 2.05) is 69.3 Å². The van der Waals surface area contributed by atoms with Crippen molar-refractivity contribution in [3.05, 3.63) is 95.3 Å². The predicted octanol–water partition coefficient (Wildman–Crippen LogP) is 5.08. The van der Waals surface area contributed by atoms with Gasteiger partial charge in [-0.2, -0.15) is 0 Å². The van der Waals surface area contributed by atoms with Crippen LogP contribution in [0.5, 0.6) is 11.5 Å². The fourth-order valence-electron chi connectivity index (χ4n) is 4.43. The minimum Gasteiger partial charge on any atom is -0.486 e. The second kappa shape index (κ2) is 12.1. The van der Waals surface area contributed by atoms with Gasteiger partial charge in [-0.1, -0.05) is 48.5 Å². The van der Waals surface area contributed by atoms with Crippen molar-refractivity contribution in [2.45, 2.75) is 58.2 Å². The van der Waals surface area contributed by atoms with Crippen molar-refractivity contribution in [2.24, 2.45) is 0 Å². The summed E-state index contributed by atoms with van der Waals surface area (Å²) < 4.78 is 24.9. The van der Waals surface area contributed by atoms with E-state index >= 15 is 0 Å². The zero-order valence-electron chi connectivity index (χ0n) is 22.2. The fraction of sp³-hybridized carbons (Fsp3) is 0.355. The molecule has 1 aliphatic heterocycles.